The van der Waals surface area contributed by atoms with Crippen molar-refractivity contribution in [2.24, 2.45) is 0 Å². The summed E-state index contributed by atoms with van der Waals surface area (Å²) in [4.78, 5) is 84.0. The second-order valence-corrected chi connectivity index (χ2v) is 10.4. The molecule has 0 aromatic carbocycles. The third kappa shape index (κ3) is 10.9. The van der Waals surface area contributed by atoms with Gasteiger partial charge in [-0.15, -0.1) is 0 Å². The van der Waals surface area contributed by atoms with Crippen molar-refractivity contribution >= 4 is 53.3 Å². The van der Waals surface area contributed by atoms with Gasteiger partial charge in [-0.25, -0.2) is 0 Å². The Bertz CT molecular complexity index is 1100. The maximum absolute atomic E-state index is 12.3. The Kier molecular flexibility index (Phi) is 13.8. The van der Waals surface area contributed by atoms with Crippen molar-refractivity contribution in [1.82, 2.24) is 10.6 Å². The molecule has 10 atom stereocenters. The van der Waals surface area contributed by atoms with Crippen molar-refractivity contribution in [3.8, 4) is 0 Å². The van der Waals surface area contributed by atoms with Gasteiger partial charge < -0.3 is 48.5 Å². The minimum Gasteiger partial charge on any atom is -0.463 e. The minimum absolute atomic E-state index is 0.467. The molecule has 18 heteroatoms. The number of ether oxygens (including phenoxy) is 8. The van der Waals surface area contributed by atoms with Crippen LogP contribution in [0.3, 0.4) is 0 Å². The van der Waals surface area contributed by atoms with Gasteiger partial charge in [-0.3, -0.25) is 33.6 Å². The third-order valence-electron chi connectivity index (χ3n) is 6.12. The van der Waals surface area contributed by atoms with Crippen LogP contribution in [-0.4, -0.2) is 115 Å². The summed E-state index contributed by atoms with van der Waals surface area (Å²) in [6.45, 7) is 6.85. The molecule has 0 radical (unpaired) electrons. The summed E-state index contributed by atoms with van der Waals surface area (Å²) in [6.07, 6.45) is -9.87. The predicted octanol–water partition coefficient (Wildman–Crippen LogP) is -1.01. The fourth-order valence-electron chi connectivity index (χ4n) is 4.67. The lowest BCUT2D eigenvalue weighted by molar-refractivity contribution is -0.314. The summed E-state index contributed by atoms with van der Waals surface area (Å²) in [7, 11) is 0. The lowest BCUT2D eigenvalue weighted by Gasteiger charge is -2.49. The van der Waals surface area contributed by atoms with Crippen molar-refractivity contribution in [3.05, 3.63) is 0 Å². The van der Waals surface area contributed by atoms with E-state index in [1.807, 2.05) is 0 Å². The molecule has 0 spiro atoms. The number of nitrogens with one attached hydrogen (secondary N) is 2. The summed E-state index contributed by atoms with van der Waals surface area (Å²) >= 11 is 6.40. The van der Waals surface area contributed by atoms with Crippen LogP contribution in [0.1, 0.15) is 48.5 Å². The van der Waals surface area contributed by atoms with Gasteiger partial charge in [0.15, 0.2) is 30.2 Å². The van der Waals surface area contributed by atoms with Crippen LogP contribution in [0.5, 0.6) is 0 Å². The lowest BCUT2D eigenvalue weighted by atomic mass is 9.94. The second kappa shape index (κ2) is 16.5. The second-order valence-electron chi connectivity index (χ2n) is 9.95. The van der Waals surface area contributed by atoms with Crippen LogP contribution in [0.2, 0.25) is 0 Å². The summed E-state index contributed by atoms with van der Waals surface area (Å²) in [5.74, 6) is -5.08. The largest absolute Gasteiger partial charge is 0.463 e. The SMILES string of the molecule is CC(=O)N[C@@H]1[C@@H](OC(C)=O)[C@H](O[C@@H]2O[C@H](COC(C)=O)[C@@H](OC(C)=O)[C@H](OC(C)=O)[C@H]2NC(C)=O)[C@@H](COC(C)=O)O[C@@H]1Cl. The average Bonchev–Trinajstić information content (AvgIpc) is 2.87. The topological polar surface area (TPSA) is 217 Å². The highest BCUT2D eigenvalue weighted by molar-refractivity contribution is 6.20. The number of halogens is 1. The molecular weight excluding hydrogens is 616 g/mol. The molecule has 2 saturated heterocycles. The highest BCUT2D eigenvalue weighted by Crippen LogP contribution is 2.34. The number of amides is 2. The minimum atomic E-state index is -1.62. The molecule has 44 heavy (non-hydrogen) atoms. The summed E-state index contributed by atoms with van der Waals surface area (Å²) < 4.78 is 44.6. The van der Waals surface area contributed by atoms with Crippen molar-refractivity contribution < 1.29 is 71.5 Å². The molecule has 2 N–H and O–H groups in total. The van der Waals surface area contributed by atoms with E-state index in [1.54, 1.807) is 0 Å². The quantitative estimate of drug-likeness (QED) is 0.155. The summed E-state index contributed by atoms with van der Waals surface area (Å²) in [6, 6.07) is -2.59. The number of rotatable bonds is 11. The Labute approximate surface area is 257 Å². The Morgan fingerprint density at radius 2 is 0.977 bits per heavy atom. The van der Waals surface area contributed by atoms with E-state index < -0.39 is 115 Å². The average molecular weight is 653 g/mol. The van der Waals surface area contributed by atoms with E-state index in [4.69, 9.17) is 49.5 Å². The number of carbonyl (C=O) groups is 7. The van der Waals surface area contributed by atoms with E-state index in [-0.39, 0.29) is 0 Å². The number of alkyl halides is 1. The third-order valence-corrected chi connectivity index (χ3v) is 6.49. The number of hydrogen-bond donors (Lipinski definition) is 2. The zero-order valence-corrected chi connectivity index (χ0v) is 25.9. The van der Waals surface area contributed by atoms with Crippen LogP contribution in [-0.2, 0) is 71.5 Å². The van der Waals surface area contributed by atoms with Gasteiger partial charge in [0, 0.05) is 48.5 Å². The molecule has 17 nitrogen and oxygen atoms in total. The summed E-state index contributed by atoms with van der Waals surface area (Å²) in [5.41, 5.74) is -1.30. The first-order valence-electron chi connectivity index (χ1n) is 13.4. The molecule has 0 saturated carbocycles. The van der Waals surface area contributed by atoms with Crippen LogP contribution >= 0.6 is 11.6 Å². The van der Waals surface area contributed by atoms with E-state index in [1.165, 1.54) is 6.92 Å². The molecule has 2 heterocycles. The predicted molar refractivity (Wildman–Crippen MR) is 143 cm³/mol. The molecule has 2 amide bonds. The van der Waals surface area contributed by atoms with E-state index >= 15 is 0 Å². The molecular formula is C26H37ClN2O15. The van der Waals surface area contributed by atoms with Gasteiger partial charge in [-0.05, 0) is 0 Å². The number of carbonyl (C=O) groups excluding carboxylic acids is 7. The molecule has 2 aliphatic rings. The van der Waals surface area contributed by atoms with Crippen LogP contribution in [0.4, 0.5) is 0 Å². The van der Waals surface area contributed by atoms with Crippen molar-refractivity contribution in [3.63, 3.8) is 0 Å². The molecule has 2 aliphatic heterocycles. The van der Waals surface area contributed by atoms with Gasteiger partial charge in [0.2, 0.25) is 11.8 Å². The molecule has 2 fully saturated rings. The van der Waals surface area contributed by atoms with Gasteiger partial charge in [-0.1, -0.05) is 11.6 Å². The van der Waals surface area contributed by atoms with Gasteiger partial charge in [-0.2, -0.15) is 0 Å². The maximum Gasteiger partial charge on any atom is 0.303 e. The van der Waals surface area contributed by atoms with Crippen LogP contribution in [0.25, 0.3) is 0 Å². The first kappa shape index (κ1) is 36.7. The Morgan fingerprint density at radius 3 is 1.41 bits per heavy atom. The molecule has 0 aromatic heterocycles. The normalized spacial score (nSPS) is 31.5. The van der Waals surface area contributed by atoms with Crippen LogP contribution in [0.15, 0.2) is 0 Å². The first-order chi connectivity index (χ1) is 20.5. The standard InChI is InChI=1S/C26H37ClN2O15/c1-10(30)28-19-23(40-15(6)35)22(17(42-25(19)27)8-37-12(3)32)44-26-20(29-11(2)31)24(41-16(7)36)21(39-14(5)34)18(43-26)9-38-13(4)33/h17-26H,8-9H2,1-7H3,(H,28,30)(H,29,31)/t17-,18-,19-,20-,21-,22-,23-,24-,25+,26+/m1/s1. The zero-order valence-electron chi connectivity index (χ0n) is 25.2. The molecule has 2 rings (SSSR count). The molecule has 0 aromatic rings. The van der Waals surface area contributed by atoms with Crippen molar-refractivity contribution in [2.75, 3.05) is 13.2 Å². The number of hydrogen-bond acceptors (Lipinski definition) is 15. The lowest BCUT2D eigenvalue weighted by Crippen LogP contribution is -2.70. The fourth-order valence-corrected chi connectivity index (χ4v) is 5.01. The van der Waals surface area contributed by atoms with E-state index in [9.17, 15) is 33.6 Å². The first-order valence-corrected chi connectivity index (χ1v) is 13.9. The smallest absolute Gasteiger partial charge is 0.303 e. The summed E-state index contributed by atoms with van der Waals surface area (Å²) in [5, 5.41) is 5.08. The van der Waals surface area contributed by atoms with E-state index in [2.05, 4.69) is 10.6 Å². The van der Waals surface area contributed by atoms with E-state index in [0.717, 1.165) is 41.5 Å². The molecule has 248 valence electrons. The highest BCUT2D eigenvalue weighted by atomic mass is 35.5. The van der Waals surface area contributed by atoms with Crippen LogP contribution in [0, 0.1) is 0 Å². The number of esters is 5. The molecule has 0 bridgehead atoms. The monoisotopic (exact) mass is 652 g/mol. The fraction of sp³-hybridized carbons (Fsp3) is 0.731. The van der Waals surface area contributed by atoms with Crippen molar-refractivity contribution in [1.29, 1.82) is 0 Å². The Balaban J connectivity index is 2.66. The van der Waals surface area contributed by atoms with Gasteiger partial charge in [0.25, 0.3) is 0 Å². The van der Waals surface area contributed by atoms with Gasteiger partial charge in [0.05, 0.1) is 0 Å². The highest BCUT2D eigenvalue weighted by Gasteiger charge is 2.55. The van der Waals surface area contributed by atoms with Crippen molar-refractivity contribution in [2.45, 2.75) is 109 Å². The van der Waals surface area contributed by atoms with Crippen LogP contribution < -0.4 is 10.6 Å². The Hall–Kier alpha value is -3.54. The molecule has 0 aliphatic carbocycles. The molecule has 0 unspecified atom stereocenters. The maximum atomic E-state index is 12.3. The Morgan fingerprint density at radius 1 is 0.568 bits per heavy atom. The van der Waals surface area contributed by atoms with Gasteiger partial charge >= 0.3 is 29.8 Å². The van der Waals surface area contributed by atoms with Gasteiger partial charge in [0.1, 0.15) is 43.6 Å². The van der Waals surface area contributed by atoms with E-state index in [0.29, 0.717) is 0 Å². The zero-order chi connectivity index (χ0) is 33.3.